The molecule has 0 radical (unpaired) electrons. The summed E-state index contributed by atoms with van der Waals surface area (Å²) in [6.07, 6.45) is 3.52. The lowest BCUT2D eigenvalue weighted by molar-refractivity contribution is 0.0930. The maximum Gasteiger partial charge on any atom is 0.261 e. The highest BCUT2D eigenvalue weighted by Crippen LogP contribution is 2.34. The van der Waals surface area contributed by atoms with Crippen molar-refractivity contribution in [1.82, 2.24) is 5.32 Å². The second-order valence-electron chi connectivity index (χ2n) is 5.35. The molecule has 4 heteroatoms. The standard InChI is InChI=1S/C16H22N2OS/c1-3-12-6-8-14(11(12)2)18-16(19)15-9-7-13(20-15)5-4-10-17/h7,9,11-12,14H,3,6,8,10,17H2,1-2H3,(H,18,19). The predicted molar refractivity (Wildman–Crippen MR) is 83.7 cm³/mol. The van der Waals surface area contributed by atoms with Crippen LogP contribution in [-0.2, 0) is 0 Å². The van der Waals surface area contributed by atoms with Crippen LogP contribution < -0.4 is 11.1 Å². The molecule has 3 atom stereocenters. The van der Waals surface area contributed by atoms with E-state index in [0.29, 0.717) is 18.5 Å². The van der Waals surface area contributed by atoms with Crippen molar-refractivity contribution in [2.24, 2.45) is 17.6 Å². The van der Waals surface area contributed by atoms with E-state index in [9.17, 15) is 4.79 Å². The summed E-state index contributed by atoms with van der Waals surface area (Å²) in [7, 11) is 0. The molecule has 1 fully saturated rings. The summed E-state index contributed by atoms with van der Waals surface area (Å²) in [5, 5.41) is 3.18. The van der Waals surface area contributed by atoms with E-state index in [1.807, 2.05) is 12.1 Å². The molecule has 1 aliphatic carbocycles. The lowest BCUT2D eigenvalue weighted by Gasteiger charge is -2.20. The van der Waals surface area contributed by atoms with Gasteiger partial charge < -0.3 is 11.1 Å². The Bertz CT molecular complexity index is 526. The number of rotatable bonds is 3. The Kier molecular flexibility index (Phi) is 5.22. The normalized spacial score (nSPS) is 25.1. The summed E-state index contributed by atoms with van der Waals surface area (Å²) in [6.45, 7) is 4.82. The van der Waals surface area contributed by atoms with Crippen LogP contribution in [0.25, 0.3) is 0 Å². The highest BCUT2D eigenvalue weighted by Gasteiger charge is 2.32. The van der Waals surface area contributed by atoms with Crippen molar-refractivity contribution >= 4 is 17.2 Å². The molecule has 3 nitrogen and oxygen atoms in total. The number of hydrogen-bond acceptors (Lipinski definition) is 3. The second-order valence-corrected chi connectivity index (χ2v) is 6.44. The van der Waals surface area contributed by atoms with Crippen LogP contribution in [0, 0.1) is 23.7 Å². The van der Waals surface area contributed by atoms with E-state index in [-0.39, 0.29) is 5.91 Å². The summed E-state index contributed by atoms with van der Waals surface area (Å²) < 4.78 is 0. The summed E-state index contributed by atoms with van der Waals surface area (Å²) >= 11 is 1.43. The highest BCUT2D eigenvalue weighted by atomic mass is 32.1. The Morgan fingerprint density at radius 2 is 2.30 bits per heavy atom. The van der Waals surface area contributed by atoms with Crippen LogP contribution in [0.15, 0.2) is 12.1 Å². The zero-order chi connectivity index (χ0) is 14.5. The first-order valence-electron chi connectivity index (χ1n) is 7.25. The van der Waals surface area contributed by atoms with Gasteiger partial charge in [-0.3, -0.25) is 4.79 Å². The molecule has 0 aromatic carbocycles. The van der Waals surface area contributed by atoms with Gasteiger partial charge in [-0.25, -0.2) is 0 Å². The van der Waals surface area contributed by atoms with E-state index < -0.39 is 0 Å². The van der Waals surface area contributed by atoms with Gasteiger partial charge >= 0.3 is 0 Å². The predicted octanol–water partition coefficient (Wildman–Crippen LogP) is 2.61. The molecule has 0 saturated heterocycles. The summed E-state index contributed by atoms with van der Waals surface area (Å²) in [6, 6.07) is 4.04. The minimum Gasteiger partial charge on any atom is -0.348 e. The first-order chi connectivity index (χ1) is 9.65. The van der Waals surface area contributed by atoms with Crippen LogP contribution in [0.2, 0.25) is 0 Å². The van der Waals surface area contributed by atoms with Gasteiger partial charge in [0.1, 0.15) is 0 Å². The van der Waals surface area contributed by atoms with E-state index in [0.717, 1.165) is 22.1 Å². The van der Waals surface area contributed by atoms with Gasteiger partial charge in [0.05, 0.1) is 16.3 Å². The van der Waals surface area contributed by atoms with Crippen LogP contribution in [0.4, 0.5) is 0 Å². The lowest BCUT2D eigenvalue weighted by atomic mass is 9.93. The van der Waals surface area contributed by atoms with E-state index >= 15 is 0 Å². The van der Waals surface area contributed by atoms with Crippen LogP contribution in [0.5, 0.6) is 0 Å². The van der Waals surface area contributed by atoms with Crippen molar-refractivity contribution in [3.63, 3.8) is 0 Å². The highest BCUT2D eigenvalue weighted by molar-refractivity contribution is 7.14. The third-order valence-electron chi connectivity index (χ3n) is 4.21. The number of thiophene rings is 1. The Morgan fingerprint density at radius 1 is 1.50 bits per heavy atom. The van der Waals surface area contributed by atoms with Gasteiger partial charge in [-0.05, 0) is 36.8 Å². The molecule has 1 aliphatic rings. The maximum atomic E-state index is 12.3. The molecule has 3 unspecified atom stereocenters. The van der Waals surface area contributed by atoms with Gasteiger partial charge in [-0.2, -0.15) is 0 Å². The lowest BCUT2D eigenvalue weighted by Crippen LogP contribution is -2.37. The van der Waals surface area contributed by atoms with E-state index in [4.69, 9.17) is 5.73 Å². The molecule has 1 heterocycles. The summed E-state index contributed by atoms with van der Waals surface area (Å²) in [5.41, 5.74) is 5.34. The number of hydrogen-bond donors (Lipinski definition) is 2. The van der Waals surface area contributed by atoms with Crippen molar-refractivity contribution < 1.29 is 4.79 Å². The number of amides is 1. The average molecular weight is 290 g/mol. The molecule has 1 amide bonds. The monoisotopic (exact) mass is 290 g/mol. The molecule has 1 aromatic rings. The fourth-order valence-electron chi connectivity index (χ4n) is 2.93. The molecular weight excluding hydrogens is 268 g/mol. The molecular formula is C16H22N2OS. The molecule has 20 heavy (non-hydrogen) atoms. The molecule has 0 bridgehead atoms. The molecule has 1 saturated carbocycles. The van der Waals surface area contributed by atoms with Crippen molar-refractivity contribution in [3.05, 3.63) is 21.9 Å². The van der Waals surface area contributed by atoms with Crippen molar-refractivity contribution in [2.75, 3.05) is 6.54 Å². The molecule has 2 rings (SSSR count). The Labute approximate surface area is 124 Å². The number of carbonyl (C=O) groups is 1. The van der Waals surface area contributed by atoms with Gasteiger partial charge in [0.2, 0.25) is 0 Å². The molecule has 1 aromatic heterocycles. The average Bonchev–Trinajstić information content (AvgIpc) is 3.04. The van der Waals surface area contributed by atoms with Crippen molar-refractivity contribution in [2.45, 2.75) is 39.2 Å². The fourth-order valence-corrected chi connectivity index (χ4v) is 3.72. The van der Waals surface area contributed by atoms with Crippen molar-refractivity contribution in [1.29, 1.82) is 0 Å². The molecule has 108 valence electrons. The SMILES string of the molecule is CCC1CCC(NC(=O)c2ccc(C#CCN)s2)C1C. The van der Waals surface area contributed by atoms with Gasteiger partial charge in [-0.15, -0.1) is 11.3 Å². The van der Waals surface area contributed by atoms with Crippen molar-refractivity contribution in [3.8, 4) is 11.8 Å². The zero-order valence-corrected chi connectivity index (χ0v) is 12.9. The van der Waals surface area contributed by atoms with Crippen LogP contribution in [0.1, 0.15) is 47.7 Å². The first-order valence-corrected chi connectivity index (χ1v) is 8.07. The largest absolute Gasteiger partial charge is 0.348 e. The van der Waals surface area contributed by atoms with Gasteiger partial charge in [-0.1, -0.05) is 32.1 Å². The Hall–Kier alpha value is -1.31. The molecule has 3 N–H and O–H groups in total. The van der Waals surface area contributed by atoms with E-state index in [2.05, 4.69) is 31.0 Å². The minimum absolute atomic E-state index is 0.0319. The molecule has 0 aliphatic heterocycles. The Morgan fingerprint density at radius 3 is 2.95 bits per heavy atom. The number of carbonyl (C=O) groups excluding carboxylic acids is 1. The number of nitrogens with one attached hydrogen (secondary N) is 1. The third kappa shape index (κ3) is 3.41. The maximum absolute atomic E-state index is 12.3. The molecule has 0 spiro atoms. The van der Waals surface area contributed by atoms with Gasteiger partial charge in [0.15, 0.2) is 0 Å². The zero-order valence-electron chi connectivity index (χ0n) is 12.1. The van der Waals surface area contributed by atoms with E-state index in [1.165, 1.54) is 24.2 Å². The van der Waals surface area contributed by atoms with Crippen LogP contribution in [0.3, 0.4) is 0 Å². The second kappa shape index (κ2) is 6.92. The minimum atomic E-state index is 0.0319. The van der Waals surface area contributed by atoms with Gasteiger partial charge in [0, 0.05) is 6.04 Å². The third-order valence-corrected chi connectivity index (χ3v) is 5.21. The Balaban J connectivity index is 1.97. The van der Waals surface area contributed by atoms with Crippen LogP contribution >= 0.6 is 11.3 Å². The van der Waals surface area contributed by atoms with E-state index in [1.54, 1.807) is 0 Å². The summed E-state index contributed by atoms with van der Waals surface area (Å²) in [4.78, 5) is 13.9. The smallest absolute Gasteiger partial charge is 0.261 e. The number of nitrogens with two attached hydrogens (primary N) is 1. The fraction of sp³-hybridized carbons (Fsp3) is 0.562. The quantitative estimate of drug-likeness (QED) is 0.841. The van der Waals surface area contributed by atoms with Gasteiger partial charge in [0.25, 0.3) is 5.91 Å². The first kappa shape index (κ1) is 15.1. The summed E-state index contributed by atoms with van der Waals surface area (Å²) in [5.74, 6) is 7.12. The van der Waals surface area contributed by atoms with Crippen LogP contribution in [-0.4, -0.2) is 18.5 Å². The topological polar surface area (TPSA) is 55.1 Å².